The summed E-state index contributed by atoms with van der Waals surface area (Å²) in [5.41, 5.74) is 0. The summed E-state index contributed by atoms with van der Waals surface area (Å²) >= 11 is 0. The Kier molecular flexibility index (Phi) is 1.23. The fourth-order valence-corrected chi connectivity index (χ4v) is 2.57. The van der Waals surface area contributed by atoms with Gasteiger partial charge in [0.2, 0.25) is 5.91 Å². The second-order valence-corrected chi connectivity index (χ2v) is 4.50. The monoisotopic (exact) mass is 183 g/mol. The van der Waals surface area contributed by atoms with Crippen molar-refractivity contribution < 1.29 is 14.3 Å². The van der Waals surface area contributed by atoms with Crippen LogP contribution in [0.5, 0.6) is 0 Å². The van der Waals surface area contributed by atoms with Crippen LogP contribution in [0.2, 0.25) is 0 Å². The molecule has 0 N–H and O–H groups in total. The number of hydrogen-bond acceptors (Lipinski definition) is 3. The summed E-state index contributed by atoms with van der Waals surface area (Å²) in [5, 5.41) is 0. The van der Waals surface area contributed by atoms with E-state index in [1.807, 2.05) is 18.7 Å². The van der Waals surface area contributed by atoms with Gasteiger partial charge in [-0.2, -0.15) is 0 Å². The first-order valence-corrected chi connectivity index (χ1v) is 4.72. The van der Waals surface area contributed by atoms with Crippen LogP contribution >= 0.6 is 0 Å². The van der Waals surface area contributed by atoms with Crippen LogP contribution in [0, 0.1) is 5.92 Å². The van der Waals surface area contributed by atoms with Crippen LogP contribution in [0.3, 0.4) is 0 Å². The third-order valence-corrected chi connectivity index (χ3v) is 3.07. The van der Waals surface area contributed by atoms with E-state index in [9.17, 15) is 4.79 Å². The number of rotatable bonds is 0. The Hall–Kier alpha value is -0.610. The number of carbonyl (C=O) groups is 1. The minimum atomic E-state index is -0.517. The van der Waals surface area contributed by atoms with Gasteiger partial charge in [0.05, 0.1) is 0 Å². The average molecular weight is 183 g/mol. The Morgan fingerprint density at radius 3 is 3.00 bits per heavy atom. The highest BCUT2D eigenvalue weighted by atomic mass is 16.8. The Labute approximate surface area is 76.8 Å². The minimum Gasteiger partial charge on any atom is -0.342 e. The van der Waals surface area contributed by atoms with E-state index in [1.165, 1.54) is 0 Å². The van der Waals surface area contributed by atoms with Gasteiger partial charge in [0.1, 0.15) is 6.10 Å². The van der Waals surface area contributed by atoms with E-state index in [4.69, 9.17) is 9.47 Å². The summed E-state index contributed by atoms with van der Waals surface area (Å²) in [6.07, 6.45) is 0.648. The SMILES string of the molecule is CC1(C)OC2C3CC(=O)N(C3)C2O1. The molecule has 4 heteroatoms. The lowest BCUT2D eigenvalue weighted by atomic mass is 10.0. The van der Waals surface area contributed by atoms with Crippen molar-refractivity contribution in [1.29, 1.82) is 0 Å². The molecule has 3 saturated heterocycles. The maximum absolute atomic E-state index is 11.4. The third-order valence-electron chi connectivity index (χ3n) is 3.07. The average Bonchev–Trinajstić information content (AvgIpc) is 2.56. The van der Waals surface area contributed by atoms with Gasteiger partial charge in [-0.25, -0.2) is 0 Å². The molecular weight excluding hydrogens is 170 g/mol. The summed E-state index contributed by atoms with van der Waals surface area (Å²) in [5.74, 6) is 0.0588. The highest BCUT2D eigenvalue weighted by Gasteiger charge is 2.58. The Morgan fingerprint density at radius 1 is 1.46 bits per heavy atom. The normalized spacial score (nSPS) is 45.8. The van der Waals surface area contributed by atoms with Gasteiger partial charge in [0.25, 0.3) is 0 Å². The van der Waals surface area contributed by atoms with Crippen molar-refractivity contribution in [3.63, 3.8) is 0 Å². The van der Waals surface area contributed by atoms with E-state index in [0.717, 1.165) is 6.54 Å². The summed E-state index contributed by atoms with van der Waals surface area (Å²) in [4.78, 5) is 13.2. The van der Waals surface area contributed by atoms with Crippen LogP contribution in [0.1, 0.15) is 20.3 Å². The fraction of sp³-hybridized carbons (Fsp3) is 0.889. The van der Waals surface area contributed by atoms with Gasteiger partial charge in [-0.1, -0.05) is 0 Å². The van der Waals surface area contributed by atoms with Gasteiger partial charge in [-0.3, -0.25) is 4.79 Å². The van der Waals surface area contributed by atoms with Crippen LogP contribution in [0.4, 0.5) is 0 Å². The van der Waals surface area contributed by atoms with Crippen LogP contribution in [0.15, 0.2) is 0 Å². The first-order chi connectivity index (χ1) is 6.07. The van der Waals surface area contributed by atoms with Crippen LogP contribution in [-0.4, -0.2) is 35.5 Å². The molecule has 72 valence electrons. The van der Waals surface area contributed by atoms with Crippen LogP contribution < -0.4 is 0 Å². The standard InChI is InChI=1S/C9H13NO3/c1-9(2)12-7-5-3-6(11)10(4-5)8(7)13-9/h5,7-8H,3-4H2,1-2H3. The highest BCUT2D eigenvalue weighted by Crippen LogP contribution is 2.44. The maximum atomic E-state index is 11.4. The molecule has 3 heterocycles. The van der Waals surface area contributed by atoms with Gasteiger partial charge in [-0.05, 0) is 13.8 Å². The Morgan fingerprint density at radius 2 is 2.23 bits per heavy atom. The molecule has 0 radical (unpaired) electrons. The summed E-state index contributed by atoms with van der Waals surface area (Å²) in [7, 11) is 0. The topological polar surface area (TPSA) is 38.8 Å². The predicted molar refractivity (Wildman–Crippen MR) is 43.6 cm³/mol. The summed E-state index contributed by atoms with van der Waals surface area (Å²) in [6.45, 7) is 4.62. The quantitative estimate of drug-likeness (QED) is 0.543. The molecule has 0 spiro atoms. The smallest absolute Gasteiger partial charge is 0.225 e. The molecule has 0 aliphatic carbocycles. The van der Waals surface area contributed by atoms with Crippen molar-refractivity contribution in [3.8, 4) is 0 Å². The molecule has 2 bridgehead atoms. The molecule has 3 rings (SSSR count). The molecular formula is C9H13NO3. The van der Waals surface area contributed by atoms with Gasteiger partial charge in [0.15, 0.2) is 12.0 Å². The van der Waals surface area contributed by atoms with Crippen molar-refractivity contribution in [2.45, 2.75) is 38.4 Å². The van der Waals surface area contributed by atoms with Crippen molar-refractivity contribution in [3.05, 3.63) is 0 Å². The Bertz CT molecular complexity index is 276. The molecule has 3 fully saturated rings. The lowest BCUT2D eigenvalue weighted by molar-refractivity contribution is -0.170. The van der Waals surface area contributed by atoms with Gasteiger partial charge in [0, 0.05) is 18.9 Å². The zero-order chi connectivity index (χ0) is 9.22. The summed E-state index contributed by atoms with van der Waals surface area (Å²) < 4.78 is 11.4. The van der Waals surface area contributed by atoms with E-state index in [1.54, 1.807) is 0 Å². The van der Waals surface area contributed by atoms with Gasteiger partial charge < -0.3 is 14.4 Å². The molecule has 3 atom stereocenters. The van der Waals surface area contributed by atoms with Crippen molar-refractivity contribution in [2.24, 2.45) is 5.92 Å². The molecule has 13 heavy (non-hydrogen) atoms. The number of ether oxygens (including phenoxy) is 2. The largest absolute Gasteiger partial charge is 0.342 e. The molecule has 0 saturated carbocycles. The molecule has 0 aromatic carbocycles. The first-order valence-electron chi connectivity index (χ1n) is 4.72. The van der Waals surface area contributed by atoms with E-state index in [-0.39, 0.29) is 18.2 Å². The van der Waals surface area contributed by atoms with E-state index in [0.29, 0.717) is 12.3 Å². The lowest BCUT2D eigenvalue weighted by Gasteiger charge is -2.23. The highest BCUT2D eigenvalue weighted by molar-refractivity contribution is 5.80. The van der Waals surface area contributed by atoms with Crippen LogP contribution in [0.25, 0.3) is 0 Å². The molecule has 3 aliphatic heterocycles. The fourth-order valence-electron chi connectivity index (χ4n) is 2.57. The van der Waals surface area contributed by atoms with E-state index in [2.05, 4.69) is 0 Å². The third kappa shape index (κ3) is 0.901. The van der Waals surface area contributed by atoms with E-state index >= 15 is 0 Å². The number of nitrogens with zero attached hydrogens (tertiary/aromatic N) is 1. The zero-order valence-electron chi connectivity index (χ0n) is 7.82. The molecule has 0 aromatic rings. The Balaban J connectivity index is 1.91. The molecule has 1 amide bonds. The number of hydrogen-bond donors (Lipinski definition) is 0. The lowest BCUT2D eigenvalue weighted by Crippen LogP contribution is -2.40. The van der Waals surface area contributed by atoms with Crippen molar-refractivity contribution in [2.75, 3.05) is 6.54 Å². The van der Waals surface area contributed by atoms with E-state index < -0.39 is 5.79 Å². The summed E-state index contributed by atoms with van der Waals surface area (Å²) in [6, 6.07) is 0. The first kappa shape index (κ1) is 7.76. The number of carbonyl (C=O) groups excluding carboxylic acids is 1. The number of fused-ring (bicyclic) bond motifs is 5. The predicted octanol–water partition coefficient (Wildman–Crippen LogP) is 0.326. The minimum absolute atomic E-state index is 0.110. The second kappa shape index (κ2) is 2.07. The van der Waals surface area contributed by atoms with Gasteiger partial charge in [-0.15, -0.1) is 0 Å². The molecule has 4 nitrogen and oxygen atoms in total. The molecule has 3 unspecified atom stereocenters. The van der Waals surface area contributed by atoms with Crippen molar-refractivity contribution >= 4 is 5.91 Å². The maximum Gasteiger partial charge on any atom is 0.225 e. The zero-order valence-corrected chi connectivity index (χ0v) is 7.82. The van der Waals surface area contributed by atoms with Gasteiger partial charge >= 0.3 is 0 Å². The number of amides is 1. The second-order valence-electron chi connectivity index (χ2n) is 4.50. The number of piperidine rings is 1. The molecule has 0 aromatic heterocycles. The van der Waals surface area contributed by atoms with Crippen molar-refractivity contribution in [1.82, 2.24) is 4.90 Å². The molecule has 3 aliphatic rings. The van der Waals surface area contributed by atoms with Crippen LogP contribution in [-0.2, 0) is 14.3 Å².